The summed E-state index contributed by atoms with van der Waals surface area (Å²) in [6.45, 7) is 2.87. The third-order valence-corrected chi connectivity index (χ3v) is 6.18. The summed E-state index contributed by atoms with van der Waals surface area (Å²) in [4.78, 5) is 16.6. The van der Waals surface area contributed by atoms with E-state index in [0.717, 1.165) is 43.9 Å². The number of amides is 1. The minimum Gasteiger partial charge on any atom is -0.490 e. The van der Waals surface area contributed by atoms with Crippen LogP contribution in [0.2, 0.25) is 0 Å². The molecule has 1 saturated carbocycles. The molecule has 2 aromatic rings. The molecule has 1 aromatic heterocycles. The molecule has 1 amide bonds. The molecule has 2 aliphatic rings. The highest BCUT2D eigenvalue weighted by molar-refractivity contribution is 5.94. The summed E-state index contributed by atoms with van der Waals surface area (Å²) in [7, 11) is 3.57. The van der Waals surface area contributed by atoms with Crippen molar-refractivity contribution in [3.05, 3.63) is 47.3 Å². The van der Waals surface area contributed by atoms with Crippen LogP contribution in [0.5, 0.6) is 5.75 Å². The zero-order valence-corrected chi connectivity index (χ0v) is 17.6. The van der Waals surface area contributed by atoms with E-state index in [1.807, 2.05) is 0 Å². The van der Waals surface area contributed by atoms with Crippen molar-refractivity contribution >= 4 is 5.91 Å². The number of hydrogen-bond donors (Lipinski definition) is 1. The lowest BCUT2D eigenvalue weighted by atomic mass is 9.92. The van der Waals surface area contributed by atoms with Crippen LogP contribution >= 0.6 is 0 Å². The Morgan fingerprint density at radius 3 is 2.79 bits per heavy atom. The number of carbonyl (C=O) groups is 1. The van der Waals surface area contributed by atoms with E-state index in [1.54, 1.807) is 25.2 Å². The Bertz CT molecular complexity index is 826. The van der Waals surface area contributed by atoms with Crippen LogP contribution in [0.4, 0.5) is 0 Å². The Labute approximate surface area is 173 Å². The molecule has 4 rings (SSSR count). The van der Waals surface area contributed by atoms with Gasteiger partial charge in [0.2, 0.25) is 0 Å². The molecule has 1 saturated heterocycles. The summed E-state index contributed by atoms with van der Waals surface area (Å²) in [6, 6.07) is 8.46. The van der Waals surface area contributed by atoms with Gasteiger partial charge in [0.25, 0.3) is 5.91 Å². The SMILES string of the molecule is CN(C)C(=O)c1cn[nH]c1[C@H]1CCCN(Cc2ccccc2OC2CCCC2)C1. The predicted molar refractivity (Wildman–Crippen MR) is 113 cm³/mol. The number of carbonyl (C=O) groups excluding carboxylic acids is 1. The zero-order valence-electron chi connectivity index (χ0n) is 17.6. The second-order valence-corrected chi connectivity index (χ2v) is 8.60. The Hall–Kier alpha value is -2.34. The maximum absolute atomic E-state index is 12.5. The molecule has 1 aromatic carbocycles. The standard InChI is InChI=1S/C23H32N4O2/c1-26(2)23(28)20-14-24-25-22(20)18-9-7-13-27(16-18)15-17-8-3-6-12-21(17)29-19-10-4-5-11-19/h3,6,8,12,14,18-19H,4-5,7,9-11,13,15-16H2,1-2H3,(H,24,25)/t18-/m0/s1. The number of aromatic nitrogens is 2. The maximum Gasteiger partial charge on any atom is 0.256 e. The van der Waals surface area contributed by atoms with E-state index in [2.05, 4.69) is 39.4 Å². The Morgan fingerprint density at radius 1 is 1.21 bits per heavy atom. The fourth-order valence-corrected chi connectivity index (χ4v) is 4.63. The molecular formula is C23H32N4O2. The average Bonchev–Trinajstić information content (AvgIpc) is 3.41. The number of ether oxygens (including phenoxy) is 1. The first kappa shape index (κ1) is 20.0. The summed E-state index contributed by atoms with van der Waals surface area (Å²) in [5.74, 6) is 1.35. The molecule has 1 N–H and O–H groups in total. The molecule has 6 nitrogen and oxygen atoms in total. The Kier molecular flexibility index (Phi) is 6.19. The van der Waals surface area contributed by atoms with E-state index in [9.17, 15) is 4.79 Å². The number of aromatic amines is 1. The third kappa shape index (κ3) is 4.64. The van der Waals surface area contributed by atoms with Gasteiger partial charge in [-0.3, -0.25) is 14.8 Å². The molecule has 2 heterocycles. The highest BCUT2D eigenvalue weighted by atomic mass is 16.5. The van der Waals surface area contributed by atoms with Crippen molar-refractivity contribution in [3.63, 3.8) is 0 Å². The van der Waals surface area contributed by atoms with E-state index in [4.69, 9.17) is 4.74 Å². The molecule has 1 aliphatic carbocycles. The lowest BCUT2D eigenvalue weighted by Gasteiger charge is -2.33. The quantitative estimate of drug-likeness (QED) is 0.806. The first-order valence-corrected chi connectivity index (χ1v) is 10.8. The van der Waals surface area contributed by atoms with E-state index in [1.165, 1.54) is 31.2 Å². The van der Waals surface area contributed by atoms with Crippen molar-refractivity contribution in [1.29, 1.82) is 0 Å². The van der Waals surface area contributed by atoms with Crippen molar-refractivity contribution in [3.8, 4) is 5.75 Å². The Balaban J connectivity index is 1.45. The van der Waals surface area contributed by atoms with Gasteiger partial charge in [-0.1, -0.05) is 18.2 Å². The van der Waals surface area contributed by atoms with Gasteiger partial charge in [-0.15, -0.1) is 0 Å². The number of nitrogens with one attached hydrogen (secondary N) is 1. The van der Waals surface area contributed by atoms with Crippen molar-refractivity contribution in [2.75, 3.05) is 27.2 Å². The van der Waals surface area contributed by atoms with Crippen molar-refractivity contribution in [2.45, 2.75) is 57.1 Å². The van der Waals surface area contributed by atoms with Crippen LogP contribution in [0, 0.1) is 0 Å². The van der Waals surface area contributed by atoms with Crippen LogP contribution in [-0.4, -0.2) is 59.2 Å². The topological polar surface area (TPSA) is 61.5 Å². The van der Waals surface area contributed by atoms with Gasteiger partial charge < -0.3 is 9.64 Å². The zero-order chi connectivity index (χ0) is 20.2. The molecule has 6 heteroatoms. The van der Waals surface area contributed by atoms with E-state index in [0.29, 0.717) is 17.6 Å². The van der Waals surface area contributed by atoms with E-state index >= 15 is 0 Å². The number of nitrogens with zero attached hydrogens (tertiary/aromatic N) is 3. The van der Waals surface area contributed by atoms with Gasteiger partial charge in [0.15, 0.2) is 0 Å². The number of para-hydroxylation sites is 1. The smallest absolute Gasteiger partial charge is 0.256 e. The van der Waals surface area contributed by atoms with E-state index < -0.39 is 0 Å². The van der Waals surface area contributed by atoms with Gasteiger partial charge in [0, 0.05) is 38.7 Å². The molecule has 2 fully saturated rings. The second-order valence-electron chi connectivity index (χ2n) is 8.60. The fraction of sp³-hybridized carbons (Fsp3) is 0.565. The van der Waals surface area contributed by atoms with Crippen LogP contribution in [0.25, 0.3) is 0 Å². The number of piperidine rings is 1. The molecule has 0 spiro atoms. The molecule has 0 unspecified atom stereocenters. The molecule has 1 aliphatic heterocycles. The summed E-state index contributed by atoms with van der Waals surface area (Å²) in [5, 5.41) is 7.28. The predicted octanol–water partition coefficient (Wildman–Crippen LogP) is 3.81. The second kappa shape index (κ2) is 8.99. The number of hydrogen-bond acceptors (Lipinski definition) is 4. The monoisotopic (exact) mass is 396 g/mol. The highest BCUT2D eigenvalue weighted by Gasteiger charge is 2.28. The number of benzene rings is 1. The van der Waals surface area contributed by atoms with Crippen molar-refractivity contribution in [1.82, 2.24) is 20.0 Å². The van der Waals surface area contributed by atoms with Gasteiger partial charge in [0.05, 0.1) is 23.6 Å². The molecule has 156 valence electrons. The number of likely N-dealkylation sites (tertiary alicyclic amines) is 1. The third-order valence-electron chi connectivity index (χ3n) is 6.18. The fourth-order valence-electron chi connectivity index (χ4n) is 4.63. The summed E-state index contributed by atoms with van der Waals surface area (Å²) >= 11 is 0. The Morgan fingerprint density at radius 2 is 2.00 bits per heavy atom. The summed E-state index contributed by atoms with van der Waals surface area (Å²) in [6.07, 6.45) is 9.12. The van der Waals surface area contributed by atoms with Crippen LogP contribution in [0.15, 0.2) is 30.5 Å². The van der Waals surface area contributed by atoms with Gasteiger partial charge >= 0.3 is 0 Å². The normalized spacial score (nSPS) is 20.7. The maximum atomic E-state index is 12.5. The molecule has 1 atom stereocenters. The molecular weight excluding hydrogens is 364 g/mol. The highest BCUT2D eigenvalue weighted by Crippen LogP contribution is 2.31. The van der Waals surface area contributed by atoms with E-state index in [-0.39, 0.29) is 5.91 Å². The van der Waals surface area contributed by atoms with Crippen molar-refractivity contribution < 1.29 is 9.53 Å². The lowest BCUT2D eigenvalue weighted by molar-refractivity contribution is 0.0825. The first-order chi connectivity index (χ1) is 14.1. The van der Waals surface area contributed by atoms with Gasteiger partial charge in [-0.25, -0.2) is 0 Å². The number of H-pyrrole nitrogens is 1. The van der Waals surface area contributed by atoms with Gasteiger partial charge in [-0.05, 0) is 51.1 Å². The summed E-state index contributed by atoms with van der Waals surface area (Å²) < 4.78 is 6.33. The molecule has 29 heavy (non-hydrogen) atoms. The van der Waals surface area contributed by atoms with Crippen LogP contribution in [0.3, 0.4) is 0 Å². The van der Waals surface area contributed by atoms with Crippen LogP contribution < -0.4 is 4.74 Å². The number of rotatable bonds is 6. The molecule has 0 radical (unpaired) electrons. The molecule has 0 bridgehead atoms. The average molecular weight is 397 g/mol. The van der Waals surface area contributed by atoms with Gasteiger partial charge in [-0.2, -0.15) is 5.10 Å². The minimum absolute atomic E-state index is 0.0150. The van der Waals surface area contributed by atoms with Gasteiger partial charge in [0.1, 0.15) is 5.75 Å². The lowest BCUT2D eigenvalue weighted by Crippen LogP contribution is -2.35. The van der Waals surface area contributed by atoms with Crippen LogP contribution in [-0.2, 0) is 6.54 Å². The van der Waals surface area contributed by atoms with Crippen molar-refractivity contribution in [2.24, 2.45) is 0 Å². The summed E-state index contributed by atoms with van der Waals surface area (Å²) in [5.41, 5.74) is 2.94. The first-order valence-electron chi connectivity index (χ1n) is 10.8. The van der Waals surface area contributed by atoms with Crippen LogP contribution in [0.1, 0.15) is 66.1 Å². The minimum atomic E-state index is 0.0150. The largest absolute Gasteiger partial charge is 0.490 e.